The van der Waals surface area contributed by atoms with Crippen LogP contribution >= 0.6 is 22.6 Å². The van der Waals surface area contributed by atoms with E-state index in [1.807, 2.05) is 22.6 Å². The number of hydrogen-bond acceptors (Lipinski definition) is 3. The standard InChI is InChI=1S/C8H6IN2O2/c1-13-8(12)5-2-3-7(11-10)6(9)4-5/h2-4H,1H3/q+1. The smallest absolute Gasteiger partial charge is 0.398 e. The third kappa shape index (κ3) is 2.15. The minimum absolute atomic E-state index is 0.401. The van der Waals surface area contributed by atoms with Gasteiger partial charge in [0.05, 0.1) is 12.7 Å². The average Bonchev–Trinajstić information content (AvgIpc) is 2.16. The van der Waals surface area contributed by atoms with Crippen LogP contribution in [0.2, 0.25) is 0 Å². The van der Waals surface area contributed by atoms with Gasteiger partial charge in [0, 0.05) is 6.07 Å². The Morgan fingerprint density at radius 1 is 1.62 bits per heavy atom. The fraction of sp³-hybridized carbons (Fsp3) is 0.125. The lowest BCUT2D eigenvalue weighted by Gasteiger charge is -1.96. The van der Waals surface area contributed by atoms with Crippen LogP contribution < -0.4 is 0 Å². The van der Waals surface area contributed by atoms with Gasteiger partial charge in [-0.15, -0.1) is 0 Å². The van der Waals surface area contributed by atoms with Crippen molar-refractivity contribution in [1.82, 2.24) is 0 Å². The molecule has 0 heterocycles. The largest absolute Gasteiger partial charge is 0.465 e. The van der Waals surface area contributed by atoms with E-state index in [1.54, 1.807) is 18.2 Å². The number of rotatable bonds is 1. The van der Waals surface area contributed by atoms with Crippen molar-refractivity contribution in [3.8, 4) is 0 Å². The molecule has 0 fully saturated rings. The minimum Gasteiger partial charge on any atom is -0.465 e. The summed E-state index contributed by atoms with van der Waals surface area (Å²) in [5.74, 6) is -0.401. The van der Waals surface area contributed by atoms with Gasteiger partial charge in [-0.1, -0.05) is 0 Å². The minimum atomic E-state index is -0.401. The maximum Gasteiger partial charge on any atom is 0.398 e. The number of nitrogens with zero attached hydrogens (tertiary/aromatic N) is 2. The molecule has 5 heteroatoms. The van der Waals surface area contributed by atoms with Crippen LogP contribution in [0.5, 0.6) is 0 Å². The summed E-state index contributed by atoms with van der Waals surface area (Å²) >= 11 is 1.97. The van der Waals surface area contributed by atoms with Crippen LogP contribution in [0, 0.1) is 8.96 Å². The average molecular weight is 289 g/mol. The van der Waals surface area contributed by atoms with E-state index in [2.05, 4.69) is 9.71 Å². The molecule has 0 aromatic heterocycles. The lowest BCUT2D eigenvalue weighted by molar-refractivity contribution is 0.0600. The first kappa shape index (κ1) is 9.92. The van der Waals surface area contributed by atoms with E-state index in [4.69, 9.17) is 5.39 Å². The van der Waals surface area contributed by atoms with Gasteiger partial charge >= 0.3 is 11.7 Å². The van der Waals surface area contributed by atoms with Crippen molar-refractivity contribution in [1.29, 1.82) is 5.39 Å². The number of diazo groups is 1. The van der Waals surface area contributed by atoms with E-state index in [9.17, 15) is 4.79 Å². The summed E-state index contributed by atoms with van der Waals surface area (Å²) < 4.78 is 5.23. The Morgan fingerprint density at radius 3 is 2.77 bits per heavy atom. The SMILES string of the molecule is COC(=O)c1ccc([N+]#N)c(I)c1. The van der Waals surface area contributed by atoms with Gasteiger partial charge in [-0.3, -0.25) is 0 Å². The predicted molar refractivity (Wildman–Crippen MR) is 55.2 cm³/mol. The summed E-state index contributed by atoms with van der Waals surface area (Å²) in [4.78, 5) is 14.1. The van der Waals surface area contributed by atoms with Crippen molar-refractivity contribution in [2.45, 2.75) is 0 Å². The second-order valence-electron chi connectivity index (χ2n) is 2.26. The molecule has 0 bridgehead atoms. The van der Waals surface area contributed by atoms with Crippen LogP contribution in [-0.4, -0.2) is 13.1 Å². The quantitative estimate of drug-likeness (QED) is 0.453. The molecule has 1 aromatic rings. The van der Waals surface area contributed by atoms with Gasteiger partial charge in [-0.2, -0.15) is 0 Å². The Hall–Kier alpha value is -1.16. The number of hydrogen-bond donors (Lipinski definition) is 0. The Labute approximate surface area is 88.7 Å². The van der Waals surface area contributed by atoms with Crippen LogP contribution in [-0.2, 0) is 4.74 Å². The third-order valence-electron chi connectivity index (χ3n) is 1.48. The van der Waals surface area contributed by atoms with Crippen molar-refractivity contribution >= 4 is 34.2 Å². The molecular formula is C8H6IN2O2+. The molecule has 0 saturated heterocycles. The van der Waals surface area contributed by atoms with Crippen molar-refractivity contribution < 1.29 is 9.53 Å². The van der Waals surface area contributed by atoms with Crippen molar-refractivity contribution in [2.24, 2.45) is 0 Å². The fourth-order valence-electron chi connectivity index (χ4n) is 0.833. The highest BCUT2D eigenvalue weighted by Gasteiger charge is 2.14. The van der Waals surface area contributed by atoms with E-state index < -0.39 is 5.97 Å². The number of carbonyl (C=O) groups excluding carboxylic acids is 1. The summed E-state index contributed by atoms with van der Waals surface area (Å²) in [5, 5.41) is 8.51. The van der Waals surface area contributed by atoms with Crippen molar-refractivity contribution in [2.75, 3.05) is 7.11 Å². The monoisotopic (exact) mass is 289 g/mol. The van der Waals surface area contributed by atoms with Gasteiger partial charge in [0.2, 0.25) is 5.39 Å². The maximum atomic E-state index is 11.0. The van der Waals surface area contributed by atoms with Crippen LogP contribution in [0.25, 0.3) is 4.98 Å². The number of methoxy groups -OCH3 is 1. The van der Waals surface area contributed by atoms with Gasteiger partial charge in [0.25, 0.3) is 0 Å². The molecule has 0 saturated carbocycles. The van der Waals surface area contributed by atoms with Crippen LogP contribution in [0.3, 0.4) is 0 Å². The van der Waals surface area contributed by atoms with Crippen LogP contribution in [0.1, 0.15) is 10.4 Å². The Kier molecular flexibility index (Phi) is 3.19. The summed E-state index contributed by atoms with van der Waals surface area (Å²) in [6, 6.07) is 4.69. The molecule has 13 heavy (non-hydrogen) atoms. The Bertz CT molecular complexity index is 384. The number of esters is 1. The van der Waals surface area contributed by atoms with Gasteiger partial charge < -0.3 is 4.74 Å². The highest BCUT2D eigenvalue weighted by atomic mass is 127. The number of ether oxygens (including phenoxy) is 1. The number of benzene rings is 1. The first-order chi connectivity index (χ1) is 6.19. The van der Waals surface area contributed by atoms with E-state index in [-0.39, 0.29) is 0 Å². The molecule has 0 spiro atoms. The van der Waals surface area contributed by atoms with E-state index in [0.717, 1.165) is 0 Å². The summed E-state index contributed by atoms with van der Waals surface area (Å²) in [6.45, 7) is 0. The molecule has 0 aliphatic heterocycles. The molecule has 1 aromatic carbocycles. The molecule has 0 atom stereocenters. The second-order valence-corrected chi connectivity index (χ2v) is 3.42. The molecule has 0 amide bonds. The highest BCUT2D eigenvalue weighted by molar-refractivity contribution is 14.1. The zero-order valence-corrected chi connectivity index (χ0v) is 8.98. The van der Waals surface area contributed by atoms with Crippen molar-refractivity contribution in [3.63, 3.8) is 0 Å². The second kappa shape index (κ2) is 4.18. The molecule has 1 rings (SSSR count). The molecule has 0 N–H and O–H groups in total. The van der Waals surface area contributed by atoms with E-state index >= 15 is 0 Å². The van der Waals surface area contributed by atoms with Crippen LogP contribution in [0.4, 0.5) is 5.69 Å². The third-order valence-corrected chi connectivity index (χ3v) is 2.34. The molecular weight excluding hydrogens is 283 g/mol. The molecule has 0 unspecified atom stereocenters. The lowest BCUT2D eigenvalue weighted by atomic mass is 10.2. The van der Waals surface area contributed by atoms with Gasteiger partial charge in [0.15, 0.2) is 4.98 Å². The topological polar surface area (TPSA) is 54.5 Å². The van der Waals surface area contributed by atoms with E-state index in [1.165, 1.54) is 7.11 Å². The summed E-state index contributed by atoms with van der Waals surface area (Å²) in [5.41, 5.74) is 0.882. The molecule has 4 nitrogen and oxygen atoms in total. The van der Waals surface area contributed by atoms with E-state index in [0.29, 0.717) is 14.8 Å². The molecule has 66 valence electrons. The van der Waals surface area contributed by atoms with Crippen LogP contribution in [0.15, 0.2) is 18.2 Å². The molecule has 0 radical (unpaired) electrons. The van der Waals surface area contributed by atoms with Gasteiger partial charge in [-0.25, -0.2) is 4.79 Å². The highest BCUT2D eigenvalue weighted by Crippen LogP contribution is 2.22. The first-order valence-electron chi connectivity index (χ1n) is 3.42. The Morgan fingerprint density at radius 2 is 2.31 bits per heavy atom. The lowest BCUT2D eigenvalue weighted by Crippen LogP contribution is -2.00. The normalized spacial score (nSPS) is 9.00. The predicted octanol–water partition coefficient (Wildman–Crippen LogP) is 2.56. The number of halogens is 1. The number of carbonyl (C=O) groups is 1. The Balaban J connectivity index is 3.11. The zero-order valence-electron chi connectivity index (χ0n) is 6.82. The maximum absolute atomic E-state index is 11.0. The molecule has 0 aliphatic rings. The molecule has 0 aliphatic carbocycles. The van der Waals surface area contributed by atoms with Gasteiger partial charge in [-0.05, 0) is 34.7 Å². The van der Waals surface area contributed by atoms with Gasteiger partial charge in [0.1, 0.15) is 3.57 Å². The summed E-state index contributed by atoms with van der Waals surface area (Å²) in [6.07, 6.45) is 0. The fourth-order valence-corrected chi connectivity index (χ4v) is 1.46. The first-order valence-corrected chi connectivity index (χ1v) is 4.50. The summed E-state index contributed by atoms with van der Waals surface area (Å²) in [7, 11) is 1.32. The van der Waals surface area contributed by atoms with Crippen molar-refractivity contribution in [3.05, 3.63) is 32.3 Å². The zero-order chi connectivity index (χ0) is 9.84.